The lowest BCUT2D eigenvalue weighted by atomic mass is 9.86. The molecule has 1 nitrogen and oxygen atoms in total. The van der Waals surface area contributed by atoms with Gasteiger partial charge >= 0.3 is 0 Å². The van der Waals surface area contributed by atoms with E-state index in [1.807, 2.05) is 0 Å². The van der Waals surface area contributed by atoms with Crippen molar-refractivity contribution >= 4 is 44.5 Å². The maximum Gasteiger partial charge on any atom is 0.0505 e. The van der Waals surface area contributed by atoms with Gasteiger partial charge in [-0.2, -0.15) is 0 Å². The number of aryl methyl sites for hydroxylation is 2. The lowest BCUT2D eigenvalue weighted by Crippen LogP contribution is -2.16. The van der Waals surface area contributed by atoms with Crippen molar-refractivity contribution in [3.8, 4) is 0 Å². The Morgan fingerprint density at radius 3 is 2.69 bits per heavy atom. The third kappa shape index (κ3) is 2.75. The monoisotopic (exact) mass is 433 g/mol. The normalized spacial score (nSPS) is 21.9. The van der Waals surface area contributed by atoms with Crippen molar-refractivity contribution in [1.82, 2.24) is 4.57 Å². The van der Waals surface area contributed by atoms with E-state index in [1.165, 1.54) is 51.7 Å². The quantitative estimate of drug-likeness (QED) is 0.279. The maximum atomic E-state index is 2.70. The van der Waals surface area contributed by atoms with Gasteiger partial charge in [0, 0.05) is 38.0 Å². The van der Waals surface area contributed by atoms with Gasteiger partial charge < -0.3 is 4.57 Å². The molecule has 0 bridgehead atoms. The highest BCUT2D eigenvalue weighted by atomic mass is 32.1. The Bertz CT molecular complexity index is 1430. The first-order valence-corrected chi connectivity index (χ1v) is 12.9. The summed E-state index contributed by atoms with van der Waals surface area (Å²) in [5.41, 5.74) is 7.42. The fraction of sp³-hybridized carbons (Fsp3) is 0.267. The minimum absolute atomic E-state index is 0.499. The Hall–Kier alpha value is -2.84. The van der Waals surface area contributed by atoms with Crippen LogP contribution < -0.4 is 0 Å². The first-order chi connectivity index (χ1) is 15.9. The maximum absolute atomic E-state index is 2.70. The van der Waals surface area contributed by atoms with Crippen LogP contribution >= 0.6 is 11.3 Å². The van der Waals surface area contributed by atoms with Gasteiger partial charge in [-0.15, -0.1) is 11.3 Å². The summed E-state index contributed by atoms with van der Waals surface area (Å²) in [7, 11) is 0. The topological polar surface area (TPSA) is 4.93 Å². The molecule has 3 aliphatic carbocycles. The van der Waals surface area contributed by atoms with Crippen molar-refractivity contribution in [1.29, 1.82) is 0 Å². The van der Waals surface area contributed by atoms with Gasteiger partial charge in [0.25, 0.3) is 0 Å². The molecular weight excluding hydrogens is 406 g/mol. The van der Waals surface area contributed by atoms with E-state index in [4.69, 9.17) is 0 Å². The molecule has 2 aromatic carbocycles. The lowest BCUT2D eigenvalue weighted by Gasteiger charge is -2.29. The summed E-state index contributed by atoms with van der Waals surface area (Å²) < 4.78 is 4.23. The molecule has 0 amide bonds. The van der Waals surface area contributed by atoms with Gasteiger partial charge in [0.2, 0.25) is 0 Å². The molecule has 2 heterocycles. The van der Waals surface area contributed by atoms with E-state index < -0.39 is 0 Å². The van der Waals surface area contributed by atoms with Gasteiger partial charge in [0.15, 0.2) is 0 Å². The van der Waals surface area contributed by atoms with E-state index in [0.717, 1.165) is 19.3 Å². The molecular formula is C30H27NS. The van der Waals surface area contributed by atoms with Crippen molar-refractivity contribution < 1.29 is 0 Å². The fourth-order valence-electron chi connectivity index (χ4n) is 6.17. The molecule has 0 fully saturated rings. The minimum Gasteiger partial charge on any atom is -0.337 e. The van der Waals surface area contributed by atoms with Crippen LogP contribution in [0.15, 0.2) is 66.8 Å². The van der Waals surface area contributed by atoms with Crippen LogP contribution in [-0.2, 0) is 12.8 Å². The number of thiophene rings is 1. The van der Waals surface area contributed by atoms with E-state index in [-0.39, 0.29) is 0 Å². The Morgan fingerprint density at radius 1 is 0.875 bits per heavy atom. The predicted molar refractivity (Wildman–Crippen MR) is 139 cm³/mol. The molecule has 3 aliphatic rings. The van der Waals surface area contributed by atoms with E-state index >= 15 is 0 Å². The number of allylic oxidation sites excluding steroid dienone is 4. The number of fused-ring (bicyclic) bond motifs is 7. The molecule has 32 heavy (non-hydrogen) atoms. The molecule has 0 aliphatic heterocycles. The van der Waals surface area contributed by atoms with E-state index in [9.17, 15) is 0 Å². The van der Waals surface area contributed by atoms with E-state index in [0.29, 0.717) is 12.0 Å². The second-order valence-corrected chi connectivity index (χ2v) is 10.6. The number of hydrogen-bond donors (Lipinski definition) is 0. The lowest BCUT2D eigenvalue weighted by molar-refractivity contribution is 0.443. The first-order valence-electron chi connectivity index (χ1n) is 12.0. The highest BCUT2D eigenvalue weighted by Gasteiger charge is 2.28. The number of aromatic nitrogens is 1. The second-order valence-electron chi connectivity index (χ2n) is 9.46. The third-order valence-corrected chi connectivity index (χ3v) is 8.93. The molecule has 158 valence electrons. The Kier molecular flexibility index (Phi) is 4.30. The van der Waals surface area contributed by atoms with Crippen molar-refractivity contribution in [2.75, 3.05) is 0 Å². The molecule has 7 rings (SSSR count). The zero-order valence-corrected chi connectivity index (χ0v) is 19.1. The van der Waals surface area contributed by atoms with Crippen LogP contribution in [0, 0.1) is 0 Å². The molecule has 0 saturated heterocycles. The van der Waals surface area contributed by atoms with Crippen LogP contribution in [0.25, 0.3) is 33.1 Å². The average Bonchev–Trinajstić information content (AvgIpc) is 3.40. The molecule has 2 heteroatoms. The molecule has 0 N–H and O–H groups in total. The Morgan fingerprint density at radius 2 is 1.75 bits per heavy atom. The molecule has 2 unspecified atom stereocenters. The highest BCUT2D eigenvalue weighted by molar-refractivity contribution is 7.20. The summed E-state index contributed by atoms with van der Waals surface area (Å²) >= 11 is 2.06. The largest absolute Gasteiger partial charge is 0.337 e. The van der Waals surface area contributed by atoms with E-state index in [2.05, 4.69) is 94.8 Å². The van der Waals surface area contributed by atoms with Crippen LogP contribution in [0.1, 0.15) is 64.9 Å². The molecule has 4 aromatic rings. The summed E-state index contributed by atoms with van der Waals surface area (Å²) in [5.74, 6) is 0.499. The first kappa shape index (κ1) is 18.7. The SMILES string of the molecule is C1=Cc2c(sc3c2ccc2c3c3c(n2C2CC=CC(c4ccccc4)C2)C=CCC3)CC1. The number of nitrogens with zero attached hydrogens (tertiary/aromatic N) is 1. The number of rotatable bonds is 2. The molecule has 0 saturated carbocycles. The van der Waals surface area contributed by atoms with Gasteiger partial charge in [-0.1, -0.05) is 66.8 Å². The number of hydrogen-bond acceptors (Lipinski definition) is 1. The molecule has 2 aromatic heterocycles. The Labute approximate surface area is 193 Å². The van der Waals surface area contributed by atoms with Crippen LogP contribution in [0.4, 0.5) is 0 Å². The van der Waals surface area contributed by atoms with Crippen molar-refractivity contribution in [3.05, 3.63) is 94.0 Å². The zero-order valence-electron chi connectivity index (χ0n) is 18.3. The predicted octanol–water partition coefficient (Wildman–Crippen LogP) is 8.45. The van der Waals surface area contributed by atoms with Crippen LogP contribution in [-0.4, -0.2) is 4.57 Å². The average molecular weight is 434 g/mol. The summed E-state index contributed by atoms with van der Waals surface area (Å²) in [6, 6.07) is 16.4. The van der Waals surface area contributed by atoms with Gasteiger partial charge in [-0.05, 0) is 67.4 Å². The molecule has 2 atom stereocenters. The third-order valence-electron chi connectivity index (χ3n) is 7.64. The van der Waals surface area contributed by atoms with Gasteiger partial charge in [-0.25, -0.2) is 0 Å². The van der Waals surface area contributed by atoms with Crippen LogP contribution in [0.2, 0.25) is 0 Å². The zero-order chi connectivity index (χ0) is 21.1. The summed E-state index contributed by atoms with van der Waals surface area (Å²) in [4.78, 5) is 1.58. The standard InChI is InChI=1S/C30H27NS/c1-2-9-20(10-3-1)21-11-8-12-22(19-21)31-26-15-6-4-14-25(26)29-27(31)18-17-24-23-13-5-7-16-28(23)32-30(24)29/h1-3,5-6,8-11,13,15,17-18,21-22H,4,7,12,14,16,19H2. The summed E-state index contributed by atoms with van der Waals surface area (Å²) in [6.07, 6.45) is 21.3. The van der Waals surface area contributed by atoms with Crippen LogP contribution in [0.3, 0.4) is 0 Å². The number of benzene rings is 2. The van der Waals surface area contributed by atoms with Crippen molar-refractivity contribution in [2.24, 2.45) is 0 Å². The molecule has 0 spiro atoms. The van der Waals surface area contributed by atoms with Crippen molar-refractivity contribution in [2.45, 2.75) is 50.5 Å². The minimum atomic E-state index is 0.499. The summed E-state index contributed by atoms with van der Waals surface area (Å²) in [5, 5.41) is 3.01. The van der Waals surface area contributed by atoms with Gasteiger partial charge in [-0.3, -0.25) is 0 Å². The van der Waals surface area contributed by atoms with Crippen LogP contribution in [0.5, 0.6) is 0 Å². The smallest absolute Gasteiger partial charge is 0.0505 e. The Balaban J connectivity index is 1.43. The second kappa shape index (κ2) is 7.35. The van der Waals surface area contributed by atoms with Crippen molar-refractivity contribution in [3.63, 3.8) is 0 Å². The van der Waals surface area contributed by atoms with E-state index in [1.54, 1.807) is 15.8 Å². The molecule has 0 radical (unpaired) electrons. The summed E-state index contributed by atoms with van der Waals surface area (Å²) in [6.45, 7) is 0. The highest BCUT2D eigenvalue weighted by Crippen LogP contribution is 2.46. The van der Waals surface area contributed by atoms with Gasteiger partial charge in [0.1, 0.15) is 0 Å². The fourth-order valence-corrected chi connectivity index (χ4v) is 7.55. The van der Waals surface area contributed by atoms with Gasteiger partial charge in [0.05, 0.1) is 5.52 Å².